The van der Waals surface area contributed by atoms with Gasteiger partial charge in [-0.1, -0.05) is 6.42 Å². The Morgan fingerprint density at radius 1 is 1.10 bits per heavy atom. The number of piperidine rings is 1. The lowest BCUT2D eigenvalue weighted by Gasteiger charge is -2.48. The molecule has 0 saturated carbocycles. The van der Waals surface area contributed by atoms with E-state index in [0.717, 1.165) is 6.42 Å². The first kappa shape index (κ1) is 16.3. The first-order chi connectivity index (χ1) is 9.06. The zero-order chi connectivity index (χ0) is 15.2. The molecular weight excluding hydrogens is 248 g/mol. The summed E-state index contributed by atoms with van der Waals surface area (Å²) in [6.07, 6.45) is 5.05. The van der Waals surface area contributed by atoms with Gasteiger partial charge in [0.15, 0.2) is 0 Å². The molecule has 118 valence electrons. The monoisotopic (exact) mass is 282 g/mol. The average molecular weight is 282 g/mol. The summed E-state index contributed by atoms with van der Waals surface area (Å²) in [4.78, 5) is 2.60. The number of hydrogen-bond acceptors (Lipinski definition) is 3. The van der Waals surface area contributed by atoms with Crippen molar-refractivity contribution in [1.82, 2.24) is 4.90 Å². The zero-order valence-corrected chi connectivity index (χ0v) is 14.3. The molecule has 2 heterocycles. The highest BCUT2D eigenvalue weighted by Gasteiger charge is 2.52. The molecule has 0 radical (unpaired) electrons. The van der Waals surface area contributed by atoms with Crippen molar-refractivity contribution in [2.24, 2.45) is 11.7 Å². The molecule has 20 heavy (non-hydrogen) atoms. The molecule has 2 atom stereocenters. The maximum atomic E-state index is 6.76. The Kier molecular flexibility index (Phi) is 4.27. The van der Waals surface area contributed by atoms with E-state index >= 15 is 0 Å². The second kappa shape index (κ2) is 5.26. The van der Waals surface area contributed by atoms with Gasteiger partial charge in [-0.2, -0.15) is 0 Å². The third kappa shape index (κ3) is 3.05. The van der Waals surface area contributed by atoms with Gasteiger partial charge >= 0.3 is 0 Å². The second-order valence-electron chi connectivity index (χ2n) is 8.50. The predicted octanol–water partition coefficient (Wildman–Crippen LogP) is 3.17. The standard InChI is InChI=1S/C17H34N2O/c1-15(2)12-13(17(5,6)20-15)14(18)16(3,4)19-10-8-7-9-11-19/h13-14H,7-12,18H2,1-6H3. The van der Waals surface area contributed by atoms with Gasteiger partial charge < -0.3 is 10.5 Å². The summed E-state index contributed by atoms with van der Waals surface area (Å²) in [5.74, 6) is 0.412. The van der Waals surface area contributed by atoms with E-state index in [2.05, 4.69) is 46.4 Å². The molecule has 3 heteroatoms. The molecular formula is C17H34N2O. The smallest absolute Gasteiger partial charge is 0.0678 e. The summed E-state index contributed by atoms with van der Waals surface area (Å²) in [6, 6.07) is 0.150. The summed E-state index contributed by atoms with van der Waals surface area (Å²) in [7, 11) is 0. The third-order valence-corrected chi connectivity index (χ3v) is 5.56. The van der Waals surface area contributed by atoms with Crippen LogP contribution in [0.25, 0.3) is 0 Å². The Labute approximate surface area is 125 Å². The summed E-state index contributed by atoms with van der Waals surface area (Å²) in [5.41, 5.74) is 6.63. The molecule has 0 aromatic rings. The number of ether oxygens (including phenoxy) is 1. The average Bonchev–Trinajstić information content (AvgIpc) is 2.57. The van der Waals surface area contributed by atoms with Crippen molar-refractivity contribution in [1.29, 1.82) is 0 Å². The first-order valence-corrected chi connectivity index (χ1v) is 8.27. The lowest BCUT2D eigenvalue weighted by atomic mass is 9.74. The van der Waals surface area contributed by atoms with Crippen LogP contribution in [0.3, 0.4) is 0 Å². The number of hydrogen-bond donors (Lipinski definition) is 1. The van der Waals surface area contributed by atoms with Crippen LogP contribution in [0, 0.1) is 5.92 Å². The number of rotatable bonds is 3. The summed E-state index contributed by atoms with van der Waals surface area (Å²) < 4.78 is 6.25. The van der Waals surface area contributed by atoms with Gasteiger partial charge in [0.25, 0.3) is 0 Å². The van der Waals surface area contributed by atoms with Crippen molar-refractivity contribution in [3.8, 4) is 0 Å². The van der Waals surface area contributed by atoms with Crippen molar-refractivity contribution in [3.05, 3.63) is 0 Å². The van der Waals surface area contributed by atoms with Crippen LogP contribution in [0.15, 0.2) is 0 Å². The lowest BCUT2D eigenvalue weighted by molar-refractivity contribution is -0.0827. The van der Waals surface area contributed by atoms with Crippen molar-refractivity contribution in [2.45, 2.75) is 90.0 Å². The van der Waals surface area contributed by atoms with Crippen LogP contribution >= 0.6 is 0 Å². The highest BCUT2D eigenvalue weighted by atomic mass is 16.5. The van der Waals surface area contributed by atoms with E-state index in [0.29, 0.717) is 5.92 Å². The van der Waals surface area contributed by atoms with Crippen LogP contribution < -0.4 is 5.73 Å². The van der Waals surface area contributed by atoms with E-state index in [4.69, 9.17) is 10.5 Å². The van der Waals surface area contributed by atoms with Gasteiger partial charge in [-0.15, -0.1) is 0 Å². The van der Waals surface area contributed by atoms with E-state index in [1.807, 2.05) is 0 Å². The molecule has 2 N–H and O–H groups in total. The van der Waals surface area contributed by atoms with Crippen molar-refractivity contribution < 1.29 is 4.74 Å². The fourth-order valence-electron chi connectivity index (χ4n) is 4.34. The SMILES string of the molecule is CC1(C)CC(C(N)C(C)(C)N2CCCCC2)C(C)(C)O1. The van der Waals surface area contributed by atoms with E-state index in [-0.39, 0.29) is 22.8 Å². The third-order valence-electron chi connectivity index (χ3n) is 5.56. The fraction of sp³-hybridized carbons (Fsp3) is 1.00. The molecule has 0 aromatic carbocycles. The number of nitrogens with two attached hydrogens (primary N) is 1. The Morgan fingerprint density at radius 2 is 1.65 bits per heavy atom. The van der Waals surface area contributed by atoms with Gasteiger partial charge in [-0.25, -0.2) is 0 Å². The maximum absolute atomic E-state index is 6.76. The van der Waals surface area contributed by atoms with Crippen LogP contribution in [0.5, 0.6) is 0 Å². The van der Waals surface area contributed by atoms with Crippen molar-refractivity contribution in [3.63, 3.8) is 0 Å². The maximum Gasteiger partial charge on any atom is 0.0678 e. The summed E-state index contributed by atoms with van der Waals surface area (Å²) in [5, 5.41) is 0. The quantitative estimate of drug-likeness (QED) is 0.864. The van der Waals surface area contributed by atoms with Crippen LogP contribution in [-0.4, -0.2) is 40.8 Å². The van der Waals surface area contributed by atoms with E-state index in [9.17, 15) is 0 Å². The molecule has 0 bridgehead atoms. The van der Waals surface area contributed by atoms with Crippen molar-refractivity contribution in [2.75, 3.05) is 13.1 Å². The van der Waals surface area contributed by atoms with Gasteiger partial charge in [-0.05, 0) is 73.9 Å². The molecule has 2 aliphatic heterocycles. The summed E-state index contributed by atoms with van der Waals surface area (Å²) in [6.45, 7) is 15.8. The van der Waals surface area contributed by atoms with Gasteiger partial charge in [0.2, 0.25) is 0 Å². The van der Waals surface area contributed by atoms with Crippen molar-refractivity contribution >= 4 is 0 Å². The molecule has 2 unspecified atom stereocenters. The molecule has 0 aromatic heterocycles. The molecule has 2 saturated heterocycles. The minimum Gasteiger partial charge on any atom is -0.369 e. The number of nitrogens with zero attached hydrogens (tertiary/aromatic N) is 1. The summed E-state index contributed by atoms with van der Waals surface area (Å²) >= 11 is 0. The van der Waals surface area contributed by atoms with E-state index in [1.165, 1.54) is 32.4 Å². The Balaban J connectivity index is 2.15. The number of likely N-dealkylation sites (tertiary alicyclic amines) is 1. The van der Waals surface area contributed by atoms with Crippen LogP contribution in [-0.2, 0) is 4.74 Å². The van der Waals surface area contributed by atoms with Crippen LogP contribution in [0.4, 0.5) is 0 Å². The molecule has 2 aliphatic rings. The Hall–Kier alpha value is -0.120. The minimum absolute atomic E-state index is 0.0478. The molecule has 0 aliphatic carbocycles. The molecule has 3 nitrogen and oxygen atoms in total. The van der Waals surface area contributed by atoms with Gasteiger partial charge in [0.05, 0.1) is 11.2 Å². The van der Waals surface area contributed by atoms with E-state index < -0.39 is 0 Å². The van der Waals surface area contributed by atoms with Gasteiger partial charge in [-0.3, -0.25) is 4.90 Å². The largest absolute Gasteiger partial charge is 0.369 e. The predicted molar refractivity (Wildman–Crippen MR) is 84.8 cm³/mol. The minimum atomic E-state index is -0.129. The normalized spacial score (nSPS) is 32.2. The second-order valence-corrected chi connectivity index (χ2v) is 8.50. The van der Waals surface area contributed by atoms with E-state index in [1.54, 1.807) is 0 Å². The highest BCUT2D eigenvalue weighted by molar-refractivity contribution is 5.06. The first-order valence-electron chi connectivity index (χ1n) is 8.27. The van der Waals surface area contributed by atoms with Gasteiger partial charge in [0, 0.05) is 17.5 Å². The van der Waals surface area contributed by atoms with Crippen LogP contribution in [0.2, 0.25) is 0 Å². The highest BCUT2D eigenvalue weighted by Crippen LogP contribution is 2.45. The fourth-order valence-corrected chi connectivity index (χ4v) is 4.34. The molecule has 0 spiro atoms. The Morgan fingerprint density at radius 3 is 2.10 bits per heavy atom. The topological polar surface area (TPSA) is 38.5 Å². The molecule has 2 fully saturated rings. The Bertz CT molecular complexity index is 343. The molecule has 2 rings (SSSR count). The van der Waals surface area contributed by atoms with Crippen LogP contribution in [0.1, 0.15) is 67.2 Å². The molecule has 0 amide bonds. The van der Waals surface area contributed by atoms with Gasteiger partial charge in [0.1, 0.15) is 0 Å². The zero-order valence-electron chi connectivity index (χ0n) is 14.3. The lowest BCUT2D eigenvalue weighted by Crippen LogP contribution is -2.62.